The summed E-state index contributed by atoms with van der Waals surface area (Å²) in [5.41, 5.74) is 1.17. The van der Waals surface area contributed by atoms with E-state index in [1.807, 2.05) is 0 Å². The van der Waals surface area contributed by atoms with Crippen LogP contribution >= 0.6 is 0 Å². The number of hydrogen-bond donors (Lipinski definition) is 0. The lowest BCUT2D eigenvalue weighted by atomic mass is 10.2. The van der Waals surface area contributed by atoms with Crippen LogP contribution in [0.4, 0.5) is 4.39 Å². The molecule has 0 atom stereocenters. The van der Waals surface area contributed by atoms with Gasteiger partial charge in [-0.1, -0.05) is 36.4 Å². The fourth-order valence-corrected chi connectivity index (χ4v) is 5.06. The summed E-state index contributed by atoms with van der Waals surface area (Å²) in [7, 11) is -3.76. The van der Waals surface area contributed by atoms with Gasteiger partial charge in [0.05, 0.1) is 4.90 Å². The number of carbonyl (C=O) groups is 1. The van der Waals surface area contributed by atoms with E-state index in [1.165, 1.54) is 18.2 Å². The van der Waals surface area contributed by atoms with Gasteiger partial charge in [0.15, 0.2) is 0 Å². The second-order valence-corrected chi connectivity index (χ2v) is 8.60. The highest BCUT2D eigenvalue weighted by Gasteiger charge is 2.37. The fraction of sp³-hybridized carbons (Fsp3) is 0.250. The number of rotatable bonds is 3. The van der Waals surface area contributed by atoms with Crippen molar-refractivity contribution in [3.8, 4) is 0 Å². The van der Waals surface area contributed by atoms with Gasteiger partial charge in [-0.25, -0.2) is 12.8 Å². The third-order valence-electron chi connectivity index (χ3n) is 5.01. The number of hydrogen-bond acceptors (Lipinski definition) is 4. The molecule has 5 nitrogen and oxygen atoms in total. The van der Waals surface area contributed by atoms with Crippen LogP contribution < -0.4 is 0 Å². The molecule has 27 heavy (non-hydrogen) atoms. The molecule has 1 saturated heterocycles. The van der Waals surface area contributed by atoms with Gasteiger partial charge in [-0.15, -0.1) is 0 Å². The van der Waals surface area contributed by atoms with Gasteiger partial charge in [0.1, 0.15) is 10.7 Å². The van der Waals surface area contributed by atoms with Crippen LogP contribution in [-0.2, 0) is 21.2 Å². The van der Waals surface area contributed by atoms with Crippen LogP contribution in [0.25, 0.3) is 6.08 Å². The van der Waals surface area contributed by atoms with Crippen LogP contribution in [-0.4, -0.2) is 50.3 Å². The molecular weight excluding hydrogens is 367 g/mol. The van der Waals surface area contributed by atoms with E-state index in [2.05, 4.69) is 4.90 Å². The van der Waals surface area contributed by atoms with Crippen molar-refractivity contribution in [3.05, 3.63) is 70.4 Å². The van der Waals surface area contributed by atoms with Gasteiger partial charge in [0, 0.05) is 38.3 Å². The Morgan fingerprint density at radius 2 is 1.63 bits per heavy atom. The van der Waals surface area contributed by atoms with Crippen molar-refractivity contribution in [2.75, 3.05) is 26.2 Å². The number of piperazine rings is 1. The minimum atomic E-state index is -3.76. The van der Waals surface area contributed by atoms with Gasteiger partial charge in [0.25, 0.3) is 5.91 Å². The molecule has 2 aromatic carbocycles. The topological polar surface area (TPSA) is 57.7 Å². The molecule has 0 aliphatic carbocycles. The standard InChI is InChI=1S/C20H19FN2O3S/c21-17-7-3-1-6-16(17)14-22-9-11-23(12-10-22)20(24)19-13-15-5-2-4-8-18(15)27(19,25)26/h1-8,13H,9-12,14H2. The van der Waals surface area contributed by atoms with Crippen molar-refractivity contribution < 1.29 is 17.6 Å². The van der Waals surface area contributed by atoms with Crippen molar-refractivity contribution >= 4 is 21.8 Å². The Bertz CT molecular complexity index is 1030. The van der Waals surface area contributed by atoms with Gasteiger partial charge < -0.3 is 4.90 Å². The monoisotopic (exact) mass is 386 g/mol. The Kier molecular flexibility index (Phi) is 4.57. The lowest BCUT2D eigenvalue weighted by Gasteiger charge is -2.34. The minimum Gasteiger partial charge on any atom is -0.335 e. The highest BCUT2D eigenvalue weighted by atomic mass is 32.2. The average molecular weight is 386 g/mol. The first-order chi connectivity index (χ1) is 13.0. The molecule has 140 valence electrons. The van der Waals surface area contributed by atoms with Gasteiger partial charge in [0.2, 0.25) is 9.84 Å². The molecule has 2 aliphatic rings. The molecule has 2 aromatic rings. The van der Waals surface area contributed by atoms with E-state index in [9.17, 15) is 17.6 Å². The van der Waals surface area contributed by atoms with E-state index >= 15 is 0 Å². The second-order valence-electron chi connectivity index (χ2n) is 6.71. The largest absolute Gasteiger partial charge is 0.335 e. The predicted molar refractivity (Wildman–Crippen MR) is 99.9 cm³/mol. The van der Waals surface area contributed by atoms with Gasteiger partial charge in [-0.05, 0) is 23.8 Å². The summed E-state index contributed by atoms with van der Waals surface area (Å²) in [6, 6.07) is 13.3. The number of amides is 1. The SMILES string of the molecule is O=C(C1=Cc2ccccc2S1(=O)=O)N1CCN(Cc2ccccc2F)CC1. The highest BCUT2D eigenvalue weighted by molar-refractivity contribution is 7.96. The van der Waals surface area contributed by atoms with Crippen LogP contribution in [0.2, 0.25) is 0 Å². The Hall–Kier alpha value is -2.51. The third kappa shape index (κ3) is 3.28. The normalized spacial score (nSPS) is 18.9. The summed E-state index contributed by atoms with van der Waals surface area (Å²) < 4.78 is 39.1. The zero-order chi connectivity index (χ0) is 19.0. The van der Waals surface area contributed by atoms with Crippen molar-refractivity contribution in [2.45, 2.75) is 11.4 Å². The number of benzene rings is 2. The van der Waals surface area contributed by atoms with Gasteiger partial charge >= 0.3 is 0 Å². The Morgan fingerprint density at radius 1 is 0.963 bits per heavy atom. The zero-order valence-corrected chi connectivity index (χ0v) is 15.5. The van der Waals surface area contributed by atoms with Crippen LogP contribution in [0.15, 0.2) is 58.3 Å². The van der Waals surface area contributed by atoms with E-state index in [1.54, 1.807) is 41.3 Å². The summed E-state index contributed by atoms with van der Waals surface area (Å²) in [4.78, 5) is 16.5. The van der Waals surface area contributed by atoms with Crippen LogP contribution in [0.5, 0.6) is 0 Å². The molecular formula is C20H19FN2O3S. The maximum Gasteiger partial charge on any atom is 0.265 e. The maximum absolute atomic E-state index is 13.8. The lowest BCUT2D eigenvalue weighted by Crippen LogP contribution is -2.49. The fourth-order valence-electron chi connectivity index (χ4n) is 3.49. The van der Waals surface area contributed by atoms with Crippen LogP contribution in [0.3, 0.4) is 0 Å². The van der Waals surface area contributed by atoms with Crippen molar-refractivity contribution in [1.29, 1.82) is 0 Å². The molecule has 1 amide bonds. The molecule has 2 aliphatic heterocycles. The molecule has 0 N–H and O–H groups in total. The number of fused-ring (bicyclic) bond motifs is 1. The molecule has 0 aromatic heterocycles. The molecule has 0 saturated carbocycles. The first-order valence-corrected chi connectivity index (χ1v) is 10.3. The number of carbonyl (C=O) groups excluding carboxylic acids is 1. The minimum absolute atomic E-state index is 0.161. The summed E-state index contributed by atoms with van der Waals surface area (Å²) in [6.07, 6.45) is 1.46. The second kappa shape index (κ2) is 6.90. The van der Waals surface area contributed by atoms with Gasteiger partial charge in [-0.3, -0.25) is 9.69 Å². The van der Waals surface area contributed by atoms with Gasteiger partial charge in [-0.2, -0.15) is 0 Å². The summed E-state index contributed by atoms with van der Waals surface area (Å²) >= 11 is 0. The first kappa shape index (κ1) is 17.9. The van der Waals surface area contributed by atoms with E-state index in [0.717, 1.165) is 0 Å². The average Bonchev–Trinajstić information content (AvgIpc) is 2.95. The smallest absolute Gasteiger partial charge is 0.265 e. The van der Waals surface area contributed by atoms with Crippen LogP contribution in [0, 0.1) is 5.82 Å². The Balaban J connectivity index is 1.43. The van der Waals surface area contributed by atoms with E-state index in [-0.39, 0.29) is 15.6 Å². The van der Waals surface area contributed by atoms with E-state index in [4.69, 9.17) is 0 Å². The van der Waals surface area contributed by atoms with Crippen molar-refractivity contribution in [1.82, 2.24) is 9.80 Å². The third-order valence-corrected chi connectivity index (χ3v) is 6.83. The molecule has 2 heterocycles. The molecule has 1 fully saturated rings. The zero-order valence-electron chi connectivity index (χ0n) is 14.6. The molecule has 0 spiro atoms. The lowest BCUT2D eigenvalue weighted by molar-refractivity contribution is -0.128. The molecule has 0 radical (unpaired) electrons. The number of halogens is 1. The Labute approximate surface area is 157 Å². The highest BCUT2D eigenvalue weighted by Crippen LogP contribution is 2.33. The van der Waals surface area contributed by atoms with Crippen molar-refractivity contribution in [3.63, 3.8) is 0 Å². The predicted octanol–water partition coefficient (Wildman–Crippen LogP) is 2.30. The molecule has 0 bridgehead atoms. The summed E-state index contributed by atoms with van der Waals surface area (Å²) in [5.74, 6) is -0.701. The molecule has 0 unspecified atom stereocenters. The van der Waals surface area contributed by atoms with E-state index in [0.29, 0.717) is 43.9 Å². The molecule has 4 rings (SSSR count). The number of nitrogens with zero attached hydrogens (tertiary/aromatic N) is 2. The summed E-state index contributed by atoms with van der Waals surface area (Å²) in [6.45, 7) is 2.44. The van der Waals surface area contributed by atoms with Crippen LogP contribution in [0.1, 0.15) is 11.1 Å². The Morgan fingerprint density at radius 3 is 2.33 bits per heavy atom. The summed E-state index contributed by atoms with van der Waals surface area (Å²) in [5, 5.41) is 0. The van der Waals surface area contributed by atoms with Crippen molar-refractivity contribution in [2.24, 2.45) is 0 Å². The number of sulfone groups is 1. The molecule has 7 heteroatoms. The quantitative estimate of drug-likeness (QED) is 0.812. The first-order valence-electron chi connectivity index (χ1n) is 8.78. The maximum atomic E-state index is 13.8. The van der Waals surface area contributed by atoms with E-state index < -0.39 is 15.7 Å².